The quantitative estimate of drug-likeness (QED) is 0.872. The van der Waals surface area contributed by atoms with Gasteiger partial charge < -0.3 is 14.6 Å². The Morgan fingerprint density at radius 1 is 1.08 bits per heavy atom. The predicted octanol–water partition coefficient (Wildman–Crippen LogP) is 2.51. The standard InChI is InChI=1S/C14H9F2NO6S/c15-14(16)22-11-5-4-9(7-12(11)23-14)17-24(20,21)10-3-1-2-8(6-10)13(18)19/h1-7,17H,(H,18,19). The maximum atomic E-state index is 13.0. The molecule has 1 heterocycles. The van der Waals surface area contributed by atoms with Crippen LogP contribution in [0.15, 0.2) is 47.4 Å². The van der Waals surface area contributed by atoms with Crippen LogP contribution < -0.4 is 14.2 Å². The molecule has 0 fully saturated rings. The number of nitrogens with one attached hydrogen (secondary N) is 1. The van der Waals surface area contributed by atoms with Crippen molar-refractivity contribution in [2.24, 2.45) is 0 Å². The monoisotopic (exact) mass is 357 g/mol. The zero-order valence-electron chi connectivity index (χ0n) is 11.7. The van der Waals surface area contributed by atoms with Gasteiger partial charge in [-0.25, -0.2) is 13.2 Å². The summed E-state index contributed by atoms with van der Waals surface area (Å²) in [5.74, 6) is -1.83. The van der Waals surface area contributed by atoms with E-state index in [9.17, 15) is 22.0 Å². The highest BCUT2D eigenvalue weighted by Gasteiger charge is 2.43. The highest BCUT2D eigenvalue weighted by molar-refractivity contribution is 7.92. The summed E-state index contributed by atoms with van der Waals surface area (Å²) >= 11 is 0. The van der Waals surface area contributed by atoms with Gasteiger partial charge in [0, 0.05) is 6.07 Å². The van der Waals surface area contributed by atoms with E-state index in [4.69, 9.17) is 5.11 Å². The van der Waals surface area contributed by atoms with Gasteiger partial charge in [-0.1, -0.05) is 6.07 Å². The molecule has 126 valence electrons. The van der Waals surface area contributed by atoms with E-state index in [-0.39, 0.29) is 27.6 Å². The zero-order chi connectivity index (χ0) is 17.5. The maximum Gasteiger partial charge on any atom is 0.586 e. The fourth-order valence-electron chi connectivity index (χ4n) is 2.02. The van der Waals surface area contributed by atoms with Gasteiger partial charge in [-0.3, -0.25) is 4.72 Å². The number of alkyl halides is 2. The van der Waals surface area contributed by atoms with E-state index >= 15 is 0 Å². The van der Waals surface area contributed by atoms with E-state index < -0.39 is 22.3 Å². The lowest BCUT2D eigenvalue weighted by Gasteiger charge is -2.09. The third-order valence-corrected chi connectivity index (χ3v) is 4.42. The zero-order valence-corrected chi connectivity index (χ0v) is 12.5. The van der Waals surface area contributed by atoms with E-state index in [1.54, 1.807) is 0 Å². The van der Waals surface area contributed by atoms with Crippen molar-refractivity contribution >= 4 is 21.7 Å². The smallest absolute Gasteiger partial charge is 0.478 e. The number of benzene rings is 2. The number of carboxylic acids is 1. The second-order valence-corrected chi connectivity index (χ2v) is 6.45. The van der Waals surface area contributed by atoms with Crippen molar-refractivity contribution < 1.29 is 36.6 Å². The minimum absolute atomic E-state index is 0.0456. The minimum Gasteiger partial charge on any atom is -0.478 e. The van der Waals surface area contributed by atoms with E-state index in [2.05, 4.69) is 14.2 Å². The van der Waals surface area contributed by atoms with Crippen LogP contribution >= 0.6 is 0 Å². The first kappa shape index (κ1) is 16.0. The second kappa shape index (κ2) is 5.34. The fourth-order valence-corrected chi connectivity index (χ4v) is 3.12. The topological polar surface area (TPSA) is 102 Å². The van der Waals surface area contributed by atoms with Crippen LogP contribution in [0.2, 0.25) is 0 Å². The molecule has 0 amide bonds. The molecule has 0 bridgehead atoms. The SMILES string of the molecule is O=C(O)c1cccc(S(=O)(=O)Nc2ccc3c(c2)OC(F)(F)O3)c1. The largest absolute Gasteiger partial charge is 0.586 e. The predicted molar refractivity (Wildman–Crippen MR) is 76.9 cm³/mol. The third kappa shape index (κ3) is 3.08. The molecule has 0 saturated heterocycles. The van der Waals surface area contributed by atoms with E-state index in [0.29, 0.717) is 0 Å². The van der Waals surface area contributed by atoms with Crippen molar-refractivity contribution in [3.05, 3.63) is 48.0 Å². The highest BCUT2D eigenvalue weighted by atomic mass is 32.2. The lowest BCUT2D eigenvalue weighted by atomic mass is 10.2. The number of ether oxygens (including phenoxy) is 2. The van der Waals surface area contributed by atoms with Gasteiger partial charge in [0.1, 0.15) is 0 Å². The number of hydrogen-bond donors (Lipinski definition) is 2. The van der Waals surface area contributed by atoms with Crippen LogP contribution in [0.25, 0.3) is 0 Å². The van der Waals surface area contributed by atoms with Gasteiger partial charge in [0.05, 0.1) is 16.1 Å². The summed E-state index contributed by atoms with van der Waals surface area (Å²) in [6.07, 6.45) is -3.81. The summed E-state index contributed by atoms with van der Waals surface area (Å²) in [6, 6.07) is 8.07. The molecule has 1 aliphatic rings. The summed E-state index contributed by atoms with van der Waals surface area (Å²) in [7, 11) is -4.11. The van der Waals surface area contributed by atoms with Crippen LogP contribution in [0.3, 0.4) is 0 Å². The summed E-state index contributed by atoms with van der Waals surface area (Å²) in [6.45, 7) is 0. The number of hydrogen-bond acceptors (Lipinski definition) is 5. The molecule has 0 spiro atoms. The number of carbonyl (C=O) groups is 1. The van der Waals surface area contributed by atoms with Crippen LogP contribution in [0.5, 0.6) is 11.5 Å². The normalized spacial score (nSPS) is 15.1. The minimum atomic E-state index is -4.11. The molecule has 10 heteroatoms. The first-order chi connectivity index (χ1) is 11.2. The van der Waals surface area contributed by atoms with Crippen molar-refractivity contribution in [2.45, 2.75) is 11.2 Å². The van der Waals surface area contributed by atoms with Crippen molar-refractivity contribution in [1.82, 2.24) is 0 Å². The lowest BCUT2D eigenvalue weighted by molar-refractivity contribution is -0.286. The molecule has 0 saturated carbocycles. The van der Waals surface area contributed by atoms with Crippen molar-refractivity contribution in [3.63, 3.8) is 0 Å². The molecule has 0 aliphatic carbocycles. The summed E-state index contributed by atoms with van der Waals surface area (Å²) in [4.78, 5) is 10.6. The van der Waals surface area contributed by atoms with Crippen LogP contribution in [0.4, 0.5) is 14.5 Å². The summed E-state index contributed by atoms with van der Waals surface area (Å²) < 4.78 is 61.1. The Morgan fingerprint density at radius 2 is 1.79 bits per heavy atom. The third-order valence-electron chi connectivity index (χ3n) is 3.04. The number of halogens is 2. The van der Waals surface area contributed by atoms with Gasteiger partial charge in [-0.05, 0) is 30.3 Å². The van der Waals surface area contributed by atoms with E-state index in [0.717, 1.165) is 18.2 Å². The molecular weight excluding hydrogens is 348 g/mol. The molecule has 3 rings (SSSR count). The summed E-state index contributed by atoms with van der Waals surface area (Å²) in [5, 5.41) is 8.90. The van der Waals surface area contributed by atoms with Gasteiger partial charge >= 0.3 is 12.3 Å². The molecule has 0 radical (unpaired) electrons. The van der Waals surface area contributed by atoms with Crippen LogP contribution in [-0.4, -0.2) is 25.8 Å². The summed E-state index contributed by atoms with van der Waals surface area (Å²) in [5.41, 5.74) is -0.251. The Labute approximate surface area is 134 Å². The number of fused-ring (bicyclic) bond motifs is 1. The van der Waals surface area contributed by atoms with Crippen LogP contribution in [-0.2, 0) is 10.0 Å². The van der Waals surface area contributed by atoms with E-state index in [1.807, 2.05) is 0 Å². The van der Waals surface area contributed by atoms with Gasteiger partial charge in [0.15, 0.2) is 11.5 Å². The number of sulfonamides is 1. The van der Waals surface area contributed by atoms with Gasteiger partial charge in [0.25, 0.3) is 10.0 Å². The molecule has 1 aliphatic heterocycles. The average Bonchev–Trinajstić information content (AvgIpc) is 2.80. The molecule has 7 nitrogen and oxygen atoms in total. The molecule has 2 N–H and O–H groups in total. The maximum absolute atomic E-state index is 13.0. The Kier molecular flexibility index (Phi) is 3.56. The first-order valence-corrected chi connectivity index (χ1v) is 7.91. The number of rotatable bonds is 4. The van der Waals surface area contributed by atoms with Crippen molar-refractivity contribution in [2.75, 3.05) is 4.72 Å². The van der Waals surface area contributed by atoms with Gasteiger partial charge in [-0.15, -0.1) is 8.78 Å². The number of carboxylic acid groups (broad SMARTS) is 1. The first-order valence-electron chi connectivity index (χ1n) is 6.42. The van der Waals surface area contributed by atoms with Gasteiger partial charge in [0.2, 0.25) is 0 Å². The molecule has 24 heavy (non-hydrogen) atoms. The van der Waals surface area contributed by atoms with E-state index in [1.165, 1.54) is 24.3 Å². The molecule has 0 unspecified atom stereocenters. The molecule has 0 aromatic heterocycles. The molecule has 2 aromatic carbocycles. The Bertz CT molecular complexity index is 929. The van der Waals surface area contributed by atoms with Gasteiger partial charge in [-0.2, -0.15) is 0 Å². The second-order valence-electron chi connectivity index (χ2n) is 4.77. The van der Waals surface area contributed by atoms with Crippen molar-refractivity contribution in [1.29, 1.82) is 0 Å². The average molecular weight is 357 g/mol. The molecular formula is C14H9F2NO6S. The lowest BCUT2D eigenvalue weighted by Crippen LogP contribution is -2.25. The number of anilines is 1. The highest BCUT2D eigenvalue weighted by Crippen LogP contribution is 2.42. The molecule has 0 atom stereocenters. The molecule has 2 aromatic rings. The van der Waals surface area contributed by atoms with Crippen molar-refractivity contribution in [3.8, 4) is 11.5 Å². The number of aromatic carboxylic acids is 1. The fraction of sp³-hybridized carbons (Fsp3) is 0.0714. The van der Waals surface area contributed by atoms with Crippen LogP contribution in [0, 0.1) is 0 Å². The Hall–Kier alpha value is -2.88. The Balaban J connectivity index is 1.89. The Morgan fingerprint density at radius 3 is 2.50 bits per heavy atom. The van der Waals surface area contributed by atoms with Crippen LogP contribution in [0.1, 0.15) is 10.4 Å².